The Hall–Kier alpha value is -2.54. The van der Waals surface area contributed by atoms with Crippen molar-refractivity contribution in [2.45, 2.75) is 49.7 Å². The second-order valence-corrected chi connectivity index (χ2v) is 10.8. The first-order valence-electron chi connectivity index (χ1n) is 11.3. The molecule has 1 aromatic heterocycles. The maximum Gasteiger partial charge on any atom is 0.243 e. The molecule has 2 heterocycles. The van der Waals surface area contributed by atoms with Crippen LogP contribution >= 0.6 is 0 Å². The Morgan fingerprint density at radius 3 is 2.69 bits per heavy atom. The van der Waals surface area contributed by atoms with Crippen molar-refractivity contribution >= 4 is 10.0 Å². The molecule has 0 saturated heterocycles. The highest BCUT2D eigenvalue weighted by Crippen LogP contribution is 2.33. The molecule has 6 heteroatoms. The molecule has 2 aromatic carbocycles. The van der Waals surface area contributed by atoms with Crippen molar-refractivity contribution < 1.29 is 8.42 Å². The summed E-state index contributed by atoms with van der Waals surface area (Å²) in [6.07, 6.45) is 5.94. The molecule has 1 unspecified atom stereocenters. The molecule has 0 radical (unpaired) electrons. The maximum absolute atomic E-state index is 13.4. The van der Waals surface area contributed by atoms with Gasteiger partial charge in [0.25, 0.3) is 0 Å². The van der Waals surface area contributed by atoms with Gasteiger partial charge in [0.05, 0.1) is 16.6 Å². The highest BCUT2D eigenvalue weighted by Gasteiger charge is 2.29. The summed E-state index contributed by atoms with van der Waals surface area (Å²) in [4.78, 5) is 7.33. The van der Waals surface area contributed by atoms with E-state index in [2.05, 4.69) is 29.1 Å². The molecule has 1 atom stereocenters. The Balaban J connectivity index is 1.35. The van der Waals surface area contributed by atoms with Crippen LogP contribution in [-0.2, 0) is 36.0 Å². The molecule has 32 heavy (non-hydrogen) atoms. The van der Waals surface area contributed by atoms with Gasteiger partial charge in [-0.25, -0.2) is 8.42 Å². The van der Waals surface area contributed by atoms with E-state index in [-0.39, 0.29) is 6.04 Å². The first-order valence-corrected chi connectivity index (χ1v) is 12.8. The minimum absolute atomic E-state index is 0.263. The monoisotopic (exact) mass is 447 g/mol. The van der Waals surface area contributed by atoms with Gasteiger partial charge in [-0.05, 0) is 73.2 Å². The van der Waals surface area contributed by atoms with Crippen LogP contribution in [0.2, 0.25) is 0 Å². The molecule has 5 rings (SSSR count). The summed E-state index contributed by atoms with van der Waals surface area (Å²) < 4.78 is 28.4. The number of nitrogens with zero attached hydrogens (tertiary/aromatic N) is 3. The van der Waals surface area contributed by atoms with Crippen LogP contribution in [0.15, 0.2) is 71.8 Å². The van der Waals surface area contributed by atoms with Crippen LogP contribution in [0, 0.1) is 0 Å². The van der Waals surface area contributed by atoms with Gasteiger partial charge in [0.2, 0.25) is 10.0 Å². The zero-order valence-corrected chi connectivity index (χ0v) is 19.3. The van der Waals surface area contributed by atoms with Crippen molar-refractivity contribution in [3.05, 3.63) is 94.8 Å². The topological polar surface area (TPSA) is 53.5 Å². The van der Waals surface area contributed by atoms with E-state index in [0.717, 1.165) is 42.5 Å². The lowest BCUT2D eigenvalue weighted by molar-refractivity contribution is 0.208. The van der Waals surface area contributed by atoms with Crippen LogP contribution in [-0.4, -0.2) is 36.2 Å². The van der Waals surface area contributed by atoms with Crippen LogP contribution in [0.1, 0.15) is 46.8 Å². The van der Waals surface area contributed by atoms with Crippen molar-refractivity contribution in [3.63, 3.8) is 0 Å². The van der Waals surface area contributed by atoms with E-state index < -0.39 is 10.0 Å². The summed E-state index contributed by atoms with van der Waals surface area (Å²) in [7, 11) is -1.43. The summed E-state index contributed by atoms with van der Waals surface area (Å²) in [6, 6.07) is 20.0. The standard InChI is InChI=1S/C26H29N3O2S/c1-28(25-13-5-10-22-11-6-15-27-26(22)25)18-20-7-4-12-24(17-20)32(30,31)29-16-14-21-8-2-3-9-23(21)19-29/h2-4,6-9,11-12,15,17,25H,5,10,13-14,16,18-19H2,1H3. The van der Waals surface area contributed by atoms with E-state index in [9.17, 15) is 8.42 Å². The smallest absolute Gasteiger partial charge is 0.243 e. The van der Waals surface area contributed by atoms with E-state index in [1.54, 1.807) is 10.4 Å². The number of pyridine rings is 1. The Bertz CT molecular complexity index is 1230. The van der Waals surface area contributed by atoms with Gasteiger partial charge in [-0.2, -0.15) is 4.31 Å². The lowest BCUT2D eigenvalue weighted by Gasteiger charge is -2.32. The minimum Gasteiger partial charge on any atom is -0.294 e. The van der Waals surface area contributed by atoms with Crippen molar-refractivity contribution in [1.82, 2.24) is 14.2 Å². The van der Waals surface area contributed by atoms with Gasteiger partial charge < -0.3 is 0 Å². The van der Waals surface area contributed by atoms with Crippen LogP contribution in [0.5, 0.6) is 0 Å². The Morgan fingerprint density at radius 1 is 1.00 bits per heavy atom. The molecule has 0 fully saturated rings. The zero-order valence-electron chi connectivity index (χ0n) is 18.4. The fourth-order valence-corrected chi connectivity index (χ4v) is 6.53. The summed E-state index contributed by atoms with van der Waals surface area (Å²) in [6.45, 7) is 1.65. The number of benzene rings is 2. The Morgan fingerprint density at radius 2 is 1.81 bits per heavy atom. The van der Waals surface area contributed by atoms with Crippen molar-refractivity contribution in [2.75, 3.05) is 13.6 Å². The van der Waals surface area contributed by atoms with E-state index >= 15 is 0 Å². The van der Waals surface area contributed by atoms with Crippen LogP contribution < -0.4 is 0 Å². The first kappa shape index (κ1) is 21.3. The van der Waals surface area contributed by atoms with Gasteiger partial charge in [0.15, 0.2) is 0 Å². The molecule has 166 valence electrons. The number of aryl methyl sites for hydroxylation is 1. The quantitative estimate of drug-likeness (QED) is 0.584. The van der Waals surface area contributed by atoms with Gasteiger partial charge in [-0.3, -0.25) is 9.88 Å². The van der Waals surface area contributed by atoms with E-state index in [4.69, 9.17) is 0 Å². The van der Waals surface area contributed by atoms with E-state index in [1.807, 2.05) is 48.7 Å². The summed E-state index contributed by atoms with van der Waals surface area (Å²) in [5.74, 6) is 0. The lowest BCUT2D eigenvalue weighted by atomic mass is 9.91. The number of fused-ring (bicyclic) bond motifs is 2. The molecule has 3 aromatic rings. The normalized spacial score (nSPS) is 18.9. The molecule has 0 N–H and O–H groups in total. The molecule has 5 nitrogen and oxygen atoms in total. The minimum atomic E-state index is -3.53. The summed E-state index contributed by atoms with van der Waals surface area (Å²) in [5, 5.41) is 0. The number of sulfonamides is 1. The molecular formula is C26H29N3O2S. The molecular weight excluding hydrogens is 418 g/mol. The third kappa shape index (κ3) is 4.10. The first-order chi connectivity index (χ1) is 15.5. The number of hydrogen-bond acceptors (Lipinski definition) is 4. The Kier molecular flexibility index (Phi) is 5.84. The summed E-state index contributed by atoms with van der Waals surface area (Å²) >= 11 is 0. The molecule has 0 spiro atoms. The molecule has 1 aliphatic heterocycles. The van der Waals surface area contributed by atoms with Gasteiger partial charge in [0, 0.05) is 25.8 Å². The highest BCUT2D eigenvalue weighted by atomic mass is 32.2. The maximum atomic E-state index is 13.4. The predicted molar refractivity (Wildman–Crippen MR) is 126 cm³/mol. The molecule has 2 aliphatic rings. The zero-order chi connectivity index (χ0) is 22.1. The van der Waals surface area contributed by atoms with Crippen molar-refractivity contribution in [2.24, 2.45) is 0 Å². The fourth-order valence-electron chi connectivity index (χ4n) is 5.04. The lowest BCUT2D eigenvalue weighted by Crippen LogP contribution is -2.36. The van der Waals surface area contributed by atoms with Crippen LogP contribution in [0.25, 0.3) is 0 Å². The predicted octanol–water partition coefficient (Wildman–Crippen LogP) is 4.34. The summed E-state index contributed by atoms with van der Waals surface area (Å²) in [5.41, 5.74) is 5.85. The van der Waals surface area contributed by atoms with Crippen LogP contribution in [0.3, 0.4) is 0 Å². The average molecular weight is 448 g/mol. The van der Waals surface area contributed by atoms with Crippen LogP contribution in [0.4, 0.5) is 0 Å². The molecule has 0 bridgehead atoms. The highest BCUT2D eigenvalue weighted by molar-refractivity contribution is 7.89. The number of rotatable bonds is 5. The second kappa shape index (κ2) is 8.77. The van der Waals surface area contributed by atoms with E-state index in [1.165, 1.54) is 11.1 Å². The third-order valence-corrected chi connectivity index (χ3v) is 8.60. The number of aromatic nitrogens is 1. The van der Waals surface area contributed by atoms with Gasteiger partial charge in [-0.1, -0.05) is 42.5 Å². The second-order valence-electron chi connectivity index (χ2n) is 8.88. The third-order valence-electron chi connectivity index (χ3n) is 6.76. The van der Waals surface area contributed by atoms with Gasteiger partial charge in [0.1, 0.15) is 0 Å². The van der Waals surface area contributed by atoms with Gasteiger partial charge >= 0.3 is 0 Å². The van der Waals surface area contributed by atoms with Crippen molar-refractivity contribution in [1.29, 1.82) is 0 Å². The van der Waals surface area contributed by atoms with Gasteiger partial charge in [-0.15, -0.1) is 0 Å². The largest absolute Gasteiger partial charge is 0.294 e. The SMILES string of the molecule is CN(Cc1cccc(S(=O)(=O)N2CCc3ccccc3C2)c1)C1CCCc2cccnc21. The Labute approximate surface area is 190 Å². The average Bonchev–Trinajstić information content (AvgIpc) is 2.83. The fraction of sp³-hybridized carbons (Fsp3) is 0.346. The molecule has 0 saturated carbocycles. The molecule has 1 aliphatic carbocycles. The molecule has 0 amide bonds. The van der Waals surface area contributed by atoms with E-state index in [0.29, 0.717) is 24.5 Å². The number of hydrogen-bond donors (Lipinski definition) is 0. The van der Waals surface area contributed by atoms with Crippen molar-refractivity contribution in [3.8, 4) is 0 Å².